The number of sulfonamides is 1. The van der Waals surface area contributed by atoms with Gasteiger partial charge in [-0.3, -0.25) is 4.79 Å². The van der Waals surface area contributed by atoms with Gasteiger partial charge in [-0.2, -0.15) is 4.31 Å². The van der Waals surface area contributed by atoms with Crippen LogP contribution < -0.4 is 10.1 Å². The average Bonchev–Trinajstić information content (AvgIpc) is 2.63. The molecule has 1 aliphatic rings. The standard InChI is InChI=1S/C18H27ClN2O5S/c1-4-26-17-6-5-15(11-16(17)19)27(23,24)21-9-7-14(8-10-21)18(22)20-13(2)12-25-3/h5-6,11,13-14H,4,7-10,12H2,1-3H3,(H,20,22)/t13-/m0/s1. The quantitative estimate of drug-likeness (QED) is 0.700. The predicted molar refractivity (Wildman–Crippen MR) is 104 cm³/mol. The molecule has 1 aliphatic heterocycles. The molecule has 0 spiro atoms. The Kier molecular flexibility index (Phi) is 7.91. The van der Waals surface area contributed by atoms with Gasteiger partial charge in [0.05, 0.1) is 23.1 Å². The van der Waals surface area contributed by atoms with E-state index in [0.717, 1.165) is 0 Å². The number of carbonyl (C=O) groups excluding carboxylic acids is 1. The topological polar surface area (TPSA) is 84.9 Å². The van der Waals surface area contributed by atoms with Crippen LogP contribution in [0, 0.1) is 5.92 Å². The summed E-state index contributed by atoms with van der Waals surface area (Å²) >= 11 is 6.12. The smallest absolute Gasteiger partial charge is 0.243 e. The first-order chi connectivity index (χ1) is 12.8. The molecule has 7 nitrogen and oxygen atoms in total. The molecule has 0 unspecified atom stereocenters. The summed E-state index contributed by atoms with van der Waals surface area (Å²) in [7, 11) is -2.07. The molecule has 0 aliphatic carbocycles. The van der Waals surface area contributed by atoms with Crippen molar-refractivity contribution in [2.75, 3.05) is 33.4 Å². The average molecular weight is 419 g/mol. The minimum atomic E-state index is -3.66. The first kappa shape index (κ1) is 21.9. The maximum atomic E-state index is 12.9. The number of hydrogen-bond donors (Lipinski definition) is 1. The number of halogens is 1. The predicted octanol–water partition coefficient (Wildman–Crippen LogP) is 2.29. The summed E-state index contributed by atoms with van der Waals surface area (Å²) in [4.78, 5) is 12.4. The van der Waals surface area contributed by atoms with Crippen LogP contribution in [-0.2, 0) is 19.6 Å². The normalized spacial score (nSPS) is 17.5. The van der Waals surface area contributed by atoms with Crippen LogP contribution in [-0.4, -0.2) is 58.1 Å². The van der Waals surface area contributed by atoms with Gasteiger partial charge >= 0.3 is 0 Å². The third-order valence-electron chi connectivity index (χ3n) is 4.47. The SMILES string of the molecule is CCOc1ccc(S(=O)(=O)N2CCC(C(=O)N[C@@H](C)COC)CC2)cc1Cl. The van der Waals surface area contributed by atoms with E-state index in [2.05, 4.69) is 5.32 Å². The molecular weight excluding hydrogens is 392 g/mol. The van der Waals surface area contributed by atoms with Crippen LogP contribution in [0.25, 0.3) is 0 Å². The molecule has 152 valence electrons. The van der Waals surface area contributed by atoms with Gasteiger partial charge in [0, 0.05) is 32.2 Å². The molecule has 0 radical (unpaired) electrons. The maximum Gasteiger partial charge on any atom is 0.243 e. The van der Waals surface area contributed by atoms with Crippen molar-refractivity contribution in [1.82, 2.24) is 9.62 Å². The van der Waals surface area contributed by atoms with E-state index in [-0.39, 0.29) is 27.8 Å². The lowest BCUT2D eigenvalue weighted by atomic mass is 9.97. The Balaban J connectivity index is 2.00. The fraction of sp³-hybridized carbons (Fsp3) is 0.611. The Morgan fingerprint density at radius 2 is 2.04 bits per heavy atom. The molecule has 1 amide bonds. The van der Waals surface area contributed by atoms with Gasteiger partial charge < -0.3 is 14.8 Å². The lowest BCUT2D eigenvalue weighted by molar-refractivity contribution is -0.127. The van der Waals surface area contributed by atoms with Gasteiger partial charge in [0.15, 0.2) is 0 Å². The number of nitrogens with one attached hydrogen (secondary N) is 1. The number of methoxy groups -OCH3 is 1. The molecule has 2 rings (SSSR count). The molecule has 1 aromatic carbocycles. The molecule has 1 aromatic rings. The number of nitrogens with zero attached hydrogens (tertiary/aromatic N) is 1. The van der Waals surface area contributed by atoms with Crippen LogP contribution in [0.15, 0.2) is 23.1 Å². The minimum absolute atomic E-state index is 0.0549. The van der Waals surface area contributed by atoms with E-state index >= 15 is 0 Å². The van der Waals surface area contributed by atoms with Crippen LogP contribution in [0.5, 0.6) is 5.75 Å². The molecule has 0 bridgehead atoms. The first-order valence-electron chi connectivity index (χ1n) is 9.01. The molecule has 1 N–H and O–H groups in total. The van der Waals surface area contributed by atoms with E-state index in [4.69, 9.17) is 21.1 Å². The van der Waals surface area contributed by atoms with Crippen molar-refractivity contribution in [3.8, 4) is 5.75 Å². The van der Waals surface area contributed by atoms with Gasteiger partial charge in [0.1, 0.15) is 5.75 Å². The summed E-state index contributed by atoms with van der Waals surface area (Å²) in [6.07, 6.45) is 0.963. The van der Waals surface area contributed by atoms with E-state index in [0.29, 0.717) is 44.9 Å². The molecular formula is C18H27ClN2O5S. The van der Waals surface area contributed by atoms with Crippen molar-refractivity contribution in [3.63, 3.8) is 0 Å². The van der Waals surface area contributed by atoms with E-state index in [1.54, 1.807) is 13.2 Å². The van der Waals surface area contributed by atoms with Crippen LogP contribution in [0.4, 0.5) is 0 Å². The highest BCUT2D eigenvalue weighted by molar-refractivity contribution is 7.89. The Hall–Kier alpha value is -1.35. The maximum absolute atomic E-state index is 12.9. The van der Waals surface area contributed by atoms with Gasteiger partial charge in [-0.1, -0.05) is 11.6 Å². The summed E-state index contributed by atoms with van der Waals surface area (Å²) in [5.41, 5.74) is 0. The van der Waals surface area contributed by atoms with E-state index in [1.165, 1.54) is 16.4 Å². The molecule has 27 heavy (non-hydrogen) atoms. The van der Waals surface area contributed by atoms with Crippen molar-refractivity contribution in [2.24, 2.45) is 5.92 Å². The van der Waals surface area contributed by atoms with Crippen LogP contribution >= 0.6 is 11.6 Å². The monoisotopic (exact) mass is 418 g/mol. The van der Waals surface area contributed by atoms with Crippen molar-refractivity contribution in [2.45, 2.75) is 37.6 Å². The van der Waals surface area contributed by atoms with Crippen LogP contribution in [0.3, 0.4) is 0 Å². The zero-order valence-electron chi connectivity index (χ0n) is 15.9. The third kappa shape index (κ3) is 5.57. The van der Waals surface area contributed by atoms with Crippen LogP contribution in [0.1, 0.15) is 26.7 Å². The van der Waals surface area contributed by atoms with E-state index in [9.17, 15) is 13.2 Å². The van der Waals surface area contributed by atoms with Gasteiger partial charge in [-0.25, -0.2) is 8.42 Å². The van der Waals surface area contributed by atoms with Gasteiger partial charge in [0.25, 0.3) is 0 Å². The van der Waals surface area contributed by atoms with E-state index < -0.39 is 10.0 Å². The second kappa shape index (κ2) is 9.73. The third-order valence-corrected chi connectivity index (χ3v) is 6.66. The van der Waals surface area contributed by atoms with E-state index in [1.807, 2.05) is 13.8 Å². The van der Waals surface area contributed by atoms with Crippen molar-refractivity contribution >= 4 is 27.5 Å². The van der Waals surface area contributed by atoms with Crippen molar-refractivity contribution < 1.29 is 22.7 Å². The number of carbonyl (C=O) groups is 1. The molecule has 1 atom stereocenters. The summed E-state index contributed by atoms with van der Waals surface area (Å²) in [5.74, 6) is 0.207. The van der Waals surface area contributed by atoms with Crippen LogP contribution in [0.2, 0.25) is 5.02 Å². The molecule has 1 fully saturated rings. The Morgan fingerprint density at radius 3 is 2.59 bits per heavy atom. The zero-order chi connectivity index (χ0) is 20.0. The molecule has 9 heteroatoms. The molecule has 0 saturated carbocycles. The number of rotatable bonds is 8. The van der Waals surface area contributed by atoms with Gasteiger partial charge in [-0.15, -0.1) is 0 Å². The van der Waals surface area contributed by atoms with Gasteiger partial charge in [-0.05, 0) is 44.9 Å². The lowest BCUT2D eigenvalue weighted by Gasteiger charge is -2.31. The van der Waals surface area contributed by atoms with Crippen molar-refractivity contribution in [1.29, 1.82) is 0 Å². The highest BCUT2D eigenvalue weighted by Gasteiger charge is 2.32. The minimum Gasteiger partial charge on any atom is -0.492 e. The number of hydrogen-bond acceptors (Lipinski definition) is 5. The summed E-state index contributed by atoms with van der Waals surface area (Å²) in [5, 5.41) is 3.16. The highest BCUT2D eigenvalue weighted by Crippen LogP contribution is 2.30. The Bertz CT molecular complexity index is 748. The number of piperidine rings is 1. The molecule has 0 aromatic heterocycles. The number of ether oxygens (including phenoxy) is 2. The number of amides is 1. The van der Waals surface area contributed by atoms with Gasteiger partial charge in [0.2, 0.25) is 15.9 Å². The largest absolute Gasteiger partial charge is 0.492 e. The summed E-state index contributed by atoms with van der Waals surface area (Å²) in [6, 6.07) is 4.40. The summed E-state index contributed by atoms with van der Waals surface area (Å²) in [6.45, 7) is 5.18. The first-order valence-corrected chi connectivity index (χ1v) is 10.8. The number of benzene rings is 1. The zero-order valence-corrected chi connectivity index (χ0v) is 17.5. The second-order valence-corrected chi connectivity index (χ2v) is 8.91. The molecule has 1 saturated heterocycles. The fourth-order valence-corrected chi connectivity index (χ4v) is 4.87. The fourth-order valence-electron chi connectivity index (χ4n) is 3.07. The second-order valence-electron chi connectivity index (χ2n) is 6.57. The summed E-state index contributed by atoms with van der Waals surface area (Å²) < 4.78 is 37.5. The van der Waals surface area contributed by atoms with Crippen molar-refractivity contribution in [3.05, 3.63) is 23.2 Å². The Morgan fingerprint density at radius 1 is 1.37 bits per heavy atom. The Labute approximate surface area is 166 Å². The highest BCUT2D eigenvalue weighted by atomic mass is 35.5. The molecule has 1 heterocycles. The lowest BCUT2D eigenvalue weighted by Crippen LogP contribution is -2.45.